The average Bonchev–Trinajstić information content (AvgIpc) is 3.19. The van der Waals surface area contributed by atoms with Gasteiger partial charge in [-0.15, -0.1) is 11.3 Å². The summed E-state index contributed by atoms with van der Waals surface area (Å²) < 4.78 is 9.32. The monoisotopic (exact) mass is 452 g/mol. The van der Waals surface area contributed by atoms with Crippen LogP contribution < -0.4 is 0 Å². The van der Waals surface area contributed by atoms with E-state index in [9.17, 15) is 9.59 Å². The Bertz CT molecular complexity index is 879. The number of thiophene rings is 1. The van der Waals surface area contributed by atoms with Crippen molar-refractivity contribution in [1.82, 2.24) is 9.47 Å². The maximum Gasteiger partial charge on any atom is 0.310 e. The van der Waals surface area contributed by atoms with Crippen molar-refractivity contribution in [2.45, 2.75) is 40.2 Å². The van der Waals surface area contributed by atoms with Gasteiger partial charge in [-0.3, -0.25) is 9.59 Å². The molecule has 0 spiro atoms. The fraction of sp³-hybridized carbons (Fsp3) is 0.500. The highest BCUT2D eigenvalue weighted by molar-refractivity contribution is 9.10. The summed E-state index contributed by atoms with van der Waals surface area (Å²) >= 11 is 5.24. The number of esters is 1. The molecule has 0 N–H and O–H groups in total. The van der Waals surface area contributed by atoms with Crippen molar-refractivity contribution in [2.24, 2.45) is 5.92 Å². The second-order valence-corrected chi connectivity index (χ2v) is 8.83. The summed E-state index contributed by atoms with van der Waals surface area (Å²) in [6.45, 7) is 8.05. The summed E-state index contributed by atoms with van der Waals surface area (Å²) in [5, 5.41) is 2.05. The van der Waals surface area contributed by atoms with Crippen molar-refractivity contribution in [2.75, 3.05) is 19.7 Å². The number of nitrogens with zero attached hydrogens (tertiary/aromatic N) is 2. The van der Waals surface area contributed by atoms with Crippen molar-refractivity contribution in [1.29, 1.82) is 0 Å². The SMILES string of the molecule is CCOC(=O)[C@@H]1CCCN(C(=O)c2cc3scc(Br)c3n2CC=C(C)C)C1. The summed E-state index contributed by atoms with van der Waals surface area (Å²) in [5.41, 5.74) is 2.95. The van der Waals surface area contributed by atoms with Crippen molar-refractivity contribution in [3.8, 4) is 0 Å². The zero-order chi connectivity index (χ0) is 19.6. The Morgan fingerprint density at radius 1 is 1.41 bits per heavy atom. The summed E-state index contributed by atoms with van der Waals surface area (Å²) in [6, 6.07) is 1.97. The number of rotatable bonds is 5. The number of allylic oxidation sites excluding steroid dienone is 2. The lowest BCUT2D eigenvalue weighted by Crippen LogP contribution is -2.43. The predicted octanol–water partition coefficient (Wildman–Crippen LogP) is 4.85. The van der Waals surface area contributed by atoms with E-state index < -0.39 is 0 Å². The maximum atomic E-state index is 13.3. The molecule has 7 heteroatoms. The quantitative estimate of drug-likeness (QED) is 0.481. The van der Waals surface area contributed by atoms with Crippen LogP contribution in [0, 0.1) is 5.92 Å². The van der Waals surface area contributed by atoms with E-state index in [1.165, 1.54) is 5.57 Å². The highest BCUT2D eigenvalue weighted by Gasteiger charge is 2.31. The molecule has 0 saturated carbocycles. The van der Waals surface area contributed by atoms with E-state index in [1.807, 2.05) is 13.0 Å². The van der Waals surface area contributed by atoms with Gasteiger partial charge in [0.25, 0.3) is 5.91 Å². The molecule has 1 fully saturated rings. The molecule has 5 nitrogen and oxygen atoms in total. The van der Waals surface area contributed by atoms with Crippen LogP contribution in [0.3, 0.4) is 0 Å². The lowest BCUT2D eigenvalue weighted by Gasteiger charge is -2.31. The Balaban J connectivity index is 1.89. The van der Waals surface area contributed by atoms with Gasteiger partial charge in [0, 0.05) is 25.0 Å². The number of aromatic nitrogens is 1. The number of halogens is 1. The Kier molecular flexibility index (Phi) is 6.42. The van der Waals surface area contributed by atoms with E-state index in [-0.39, 0.29) is 17.8 Å². The van der Waals surface area contributed by atoms with Crippen LogP contribution in [0.4, 0.5) is 0 Å². The molecule has 0 bridgehead atoms. The standard InChI is InChI=1S/C20H25BrN2O3S/c1-4-26-20(25)14-6-5-8-22(11-14)19(24)16-10-17-18(15(21)12-27-17)23(16)9-7-13(2)3/h7,10,12,14H,4-6,8-9,11H2,1-3H3/t14-/m1/s1. The normalized spacial score (nSPS) is 17.2. The number of likely N-dealkylation sites (tertiary alicyclic amines) is 1. The molecular weight excluding hydrogens is 428 g/mol. The van der Waals surface area contributed by atoms with Crippen molar-refractivity contribution >= 4 is 49.4 Å². The molecule has 1 aliphatic rings. The summed E-state index contributed by atoms with van der Waals surface area (Å²) in [7, 11) is 0. The number of hydrogen-bond acceptors (Lipinski definition) is 4. The van der Waals surface area contributed by atoms with Crippen LogP contribution >= 0.6 is 27.3 Å². The summed E-state index contributed by atoms with van der Waals surface area (Å²) in [4.78, 5) is 27.2. The lowest BCUT2D eigenvalue weighted by atomic mass is 9.98. The zero-order valence-corrected chi connectivity index (χ0v) is 18.4. The van der Waals surface area contributed by atoms with Crippen molar-refractivity contribution < 1.29 is 14.3 Å². The fourth-order valence-electron chi connectivity index (χ4n) is 3.45. The molecular formula is C20H25BrN2O3S. The number of ether oxygens (including phenoxy) is 1. The topological polar surface area (TPSA) is 51.5 Å². The minimum Gasteiger partial charge on any atom is -0.466 e. The Morgan fingerprint density at radius 3 is 2.89 bits per heavy atom. The van der Waals surface area contributed by atoms with Crippen LogP contribution in [0.5, 0.6) is 0 Å². The number of carbonyl (C=O) groups excluding carboxylic acids is 2. The lowest BCUT2D eigenvalue weighted by molar-refractivity contribution is -0.149. The van der Waals surface area contributed by atoms with Crippen LogP contribution in [-0.4, -0.2) is 41.0 Å². The van der Waals surface area contributed by atoms with Gasteiger partial charge in [0.1, 0.15) is 5.69 Å². The second kappa shape index (κ2) is 8.61. The predicted molar refractivity (Wildman–Crippen MR) is 112 cm³/mol. The first-order chi connectivity index (χ1) is 12.9. The third-order valence-corrected chi connectivity index (χ3v) is 6.63. The molecule has 2 aromatic heterocycles. The third kappa shape index (κ3) is 4.29. The van der Waals surface area contributed by atoms with E-state index >= 15 is 0 Å². The molecule has 0 unspecified atom stereocenters. The first-order valence-corrected chi connectivity index (χ1v) is 10.9. The highest BCUT2D eigenvalue weighted by Crippen LogP contribution is 2.34. The zero-order valence-electron chi connectivity index (χ0n) is 16.0. The molecule has 0 aromatic carbocycles. The molecule has 0 radical (unpaired) electrons. The molecule has 0 aliphatic carbocycles. The van der Waals surface area contributed by atoms with Gasteiger partial charge in [0.05, 0.1) is 27.2 Å². The molecule has 3 rings (SSSR count). The molecule has 2 aromatic rings. The van der Waals surface area contributed by atoms with E-state index in [2.05, 4.69) is 45.8 Å². The largest absolute Gasteiger partial charge is 0.466 e. The Morgan fingerprint density at radius 2 is 2.19 bits per heavy atom. The fourth-order valence-corrected chi connectivity index (χ4v) is 5.14. The third-order valence-electron chi connectivity index (χ3n) is 4.81. The van der Waals surface area contributed by atoms with Crippen molar-refractivity contribution in [3.63, 3.8) is 0 Å². The molecule has 27 heavy (non-hydrogen) atoms. The van der Waals surface area contributed by atoms with Gasteiger partial charge in [-0.1, -0.05) is 11.6 Å². The maximum absolute atomic E-state index is 13.3. The van der Waals surface area contributed by atoms with Gasteiger partial charge in [-0.05, 0) is 55.6 Å². The molecule has 1 atom stereocenters. The number of fused-ring (bicyclic) bond motifs is 1. The number of carbonyl (C=O) groups is 2. The summed E-state index contributed by atoms with van der Waals surface area (Å²) in [5.74, 6) is -0.434. The first-order valence-electron chi connectivity index (χ1n) is 9.27. The van der Waals surface area contributed by atoms with E-state index in [4.69, 9.17) is 4.74 Å². The average molecular weight is 453 g/mol. The Labute approximate surface area is 172 Å². The highest BCUT2D eigenvalue weighted by atomic mass is 79.9. The minimum atomic E-state index is -0.225. The number of amides is 1. The molecule has 146 valence electrons. The van der Waals surface area contributed by atoms with Gasteiger partial charge < -0.3 is 14.2 Å². The van der Waals surface area contributed by atoms with Crippen molar-refractivity contribution in [3.05, 3.63) is 33.3 Å². The van der Waals surface area contributed by atoms with Crippen LogP contribution in [0.1, 0.15) is 44.1 Å². The van der Waals surface area contributed by atoms with Crippen LogP contribution in [0.2, 0.25) is 0 Å². The molecule has 1 aliphatic heterocycles. The van der Waals surface area contributed by atoms with Gasteiger partial charge in [-0.2, -0.15) is 0 Å². The first kappa shape index (κ1) is 20.1. The van der Waals surface area contributed by atoms with Gasteiger partial charge in [0.15, 0.2) is 0 Å². The van der Waals surface area contributed by atoms with E-state index in [0.29, 0.717) is 31.9 Å². The van der Waals surface area contributed by atoms with Gasteiger partial charge in [-0.25, -0.2) is 0 Å². The van der Waals surface area contributed by atoms with Crippen LogP contribution in [0.25, 0.3) is 10.2 Å². The van der Waals surface area contributed by atoms with Crippen LogP contribution in [0.15, 0.2) is 27.6 Å². The summed E-state index contributed by atoms with van der Waals surface area (Å²) in [6.07, 6.45) is 3.72. The molecule has 3 heterocycles. The molecule has 1 amide bonds. The van der Waals surface area contributed by atoms with Gasteiger partial charge >= 0.3 is 5.97 Å². The van der Waals surface area contributed by atoms with Crippen LogP contribution in [-0.2, 0) is 16.1 Å². The van der Waals surface area contributed by atoms with E-state index in [0.717, 1.165) is 27.5 Å². The number of piperidine rings is 1. The number of hydrogen-bond donors (Lipinski definition) is 0. The second-order valence-electron chi connectivity index (χ2n) is 7.06. The van der Waals surface area contributed by atoms with Gasteiger partial charge in [0.2, 0.25) is 0 Å². The van der Waals surface area contributed by atoms with E-state index in [1.54, 1.807) is 16.2 Å². The molecule has 1 saturated heterocycles. The Hall–Kier alpha value is -1.60. The smallest absolute Gasteiger partial charge is 0.310 e. The minimum absolute atomic E-state index is 0.0125.